The number of carbonyl (C=O) groups is 1. The van der Waals surface area contributed by atoms with Gasteiger partial charge in [0.05, 0.1) is 0 Å². The van der Waals surface area contributed by atoms with Crippen LogP contribution >= 0.6 is 0 Å². The third-order valence-corrected chi connectivity index (χ3v) is 3.05. The van der Waals surface area contributed by atoms with Crippen molar-refractivity contribution in [1.82, 2.24) is 10.3 Å². The molecule has 0 bridgehead atoms. The van der Waals surface area contributed by atoms with Gasteiger partial charge in [-0.2, -0.15) is 0 Å². The van der Waals surface area contributed by atoms with Crippen molar-refractivity contribution >= 4 is 11.6 Å². The van der Waals surface area contributed by atoms with Crippen molar-refractivity contribution in [1.29, 1.82) is 0 Å². The Bertz CT molecular complexity index is 383. The molecule has 0 saturated carbocycles. The normalized spacial score (nSPS) is 16.6. The predicted octanol–water partition coefficient (Wildman–Crippen LogP) is 1.35. The maximum absolute atomic E-state index is 11.2. The summed E-state index contributed by atoms with van der Waals surface area (Å²) in [7, 11) is 0. The van der Waals surface area contributed by atoms with Gasteiger partial charge in [-0.15, -0.1) is 0 Å². The molecule has 90 valence electrons. The maximum Gasteiger partial charge on any atom is 0.243 e. The van der Waals surface area contributed by atoms with Gasteiger partial charge in [-0.05, 0) is 31.1 Å². The SMILES string of the molecule is C=CC(=O)NC1CCN(c2ccncc2)CC1. The van der Waals surface area contributed by atoms with Crippen LogP contribution in [0.15, 0.2) is 37.2 Å². The number of pyridine rings is 1. The highest BCUT2D eigenvalue weighted by Crippen LogP contribution is 2.18. The number of aromatic nitrogens is 1. The van der Waals surface area contributed by atoms with E-state index in [0.29, 0.717) is 0 Å². The Balaban J connectivity index is 1.86. The Kier molecular flexibility index (Phi) is 3.75. The van der Waals surface area contributed by atoms with E-state index in [2.05, 4.69) is 21.8 Å². The van der Waals surface area contributed by atoms with Crippen LogP contribution in [0.1, 0.15) is 12.8 Å². The molecule has 2 rings (SSSR count). The minimum absolute atomic E-state index is 0.0765. The van der Waals surface area contributed by atoms with E-state index in [4.69, 9.17) is 0 Å². The lowest BCUT2D eigenvalue weighted by molar-refractivity contribution is -0.117. The van der Waals surface area contributed by atoms with E-state index in [9.17, 15) is 4.79 Å². The minimum atomic E-state index is -0.0765. The van der Waals surface area contributed by atoms with E-state index in [0.717, 1.165) is 25.9 Å². The summed E-state index contributed by atoms with van der Waals surface area (Å²) in [6.07, 6.45) is 6.89. The molecule has 1 saturated heterocycles. The highest BCUT2D eigenvalue weighted by molar-refractivity contribution is 5.87. The van der Waals surface area contributed by atoms with Crippen molar-refractivity contribution in [2.75, 3.05) is 18.0 Å². The smallest absolute Gasteiger partial charge is 0.243 e. The fourth-order valence-electron chi connectivity index (χ4n) is 2.10. The maximum atomic E-state index is 11.2. The van der Waals surface area contributed by atoms with E-state index >= 15 is 0 Å². The first-order chi connectivity index (χ1) is 8.29. The van der Waals surface area contributed by atoms with Crippen LogP contribution < -0.4 is 10.2 Å². The third-order valence-electron chi connectivity index (χ3n) is 3.05. The zero-order valence-electron chi connectivity index (χ0n) is 9.80. The molecule has 0 atom stereocenters. The van der Waals surface area contributed by atoms with Gasteiger partial charge in [0.2, 0.25) is 5.91 Å². The molecule has 1 aliphatic heterocycles. The lowest BCUT2D eigenvalue weighted by Crippen LogP contribution is -2.44. The third kappa shape index (κ3) is 3.06. The number of piperidine rings is 1. The van der Waals surface area contributed by atoms with Crippen LogP contribution in [0.25, 0.3) is 0 Å². The monoisotopic (exact) mass is 231 g/mol. The van der Waals surface area contributed by atoms with Crippen molar-refractivity contribution < 1.29 is 4.79 Å². The van der Waals surface area contributed by atoms with Gasteiger partial charge in [0, 0.05) is 37.2 Å². The van der Waals surface area contributed by atoms with Crippen molar-refractivity contribution in [3.05, 3.63) is 37.2 Å². The lowest BCUT2D eigenvalue weighted by Gasteiger charge is -2.33. The average molecular weight is 231 g/mol. The van der Waals surface area contributed by atoms with Crippen LogP contribution in [0.2, 0.25) is 0 Å². The van der Waals surface area contributed by atoms with Crippen LogP contribution in [-0.2, 0) is 4.79 Å². The fraction of sp³-hybridized carbons (Fsp3) is 0.385. The molecule has 1 aromatic rings. The molecule has 0 aliphatic carbocycles. The van der Waals surface area contributed by atoms with E-state index in [1.54, 1.807) is 12.4 Å². The van der Waals surface area contributed by atoms with E-state index in [1.165, 1.54) is 11.8 Å². The molecule has 1 N–H and O–H groups in total. The van der Waals surface area contributed by atoms with E-state index in [-0.39, 0.29) is 11.9 Å². The summed E-state index contributed by atoms with van der Waals surface area (Å²) >= 11 is 0. The Hall–Kier alpha value is -1.84. The quantitative estimate of drug-likeness (QED) is 0.799. The second-order valence-electron chi connectivity index (χ2n) is 4.18. The van der Waals surface area contributed by atoms with E-state index < -0.39 is 0 Å². The summed E-state index contributed by atoms with van der Waals surface area (Å²) in [6.45, 7) is 5.39. The largest absolute Gasteiger partial charge is 0.371 e. The van der Waals surface area contributed by atoms with Crippen LogP contribution in [0, 0.1) is 0 Å². The molecule has 1 amide bonds. The highest BCUT2D eigenvalue weighted by atomic mass is 16.1. The van der Waals surface area contributed by atoms with Crippen LogP contribution in [0.3, 0.4) is 0 Å². The van der Waals surface area contributed by atoms with Crippen molar-refractivity contribution in [3.8, 4) is 0 Å². The second-order valence-corrected chi connectivity index (χ2v) is 4.18. The second kappa shape index (κ2) is 5.48. The number of nitrogens with one attached hydrogen (secondary N) is 1. The molecule has 0 spiro atoms. The molecular weight excluding hydrogens is 214 g/mol. The number of anilines is 1. The first kappa shape index (κ1) is 11.6. The van der Waals surface area contributed by atoms with Crippen molar-refractivity contribution in [2.45, 2.75) is 18.9 Å². The van der Waals surface area contributed by atoms with Gasteiger partial charge >= 0.3 is 0 Å². The standard InChI is InChI=1S/C13H17N3O/c1-2-13(17)15-11-5-9-16(10-6-11)12-3-7-14-8-4-12/h2-4,7-8,11H,1,5-6,9-10H2,(H,15,17). The molecule has 17 heavy (non-hydrogen) atoms. The minimum Gasteiger partial charge on any atom is -0.371 e. The molecule has 2 heterocycles. The van der Waals surface area contributed by atoms with Crippen molar-refractivity contribution in [2.24, 2.45) is 0 Å². The van der Waals surface area contributed by atoms with E-state index in [1.807, 2.05) is 12.1 Å². The molecule has 4 nitrogen and oxygen atoms in total. The Morgan fingerprint density at radius 2 is 2.06 bits per heavy atom. The summed E-state index contributed by atoms with van der Waals surface area (Å²) in [4.78, 5) is 17.5. The van der Waals surface area contributed by atoms with Gasteiger partial charge < -0.3 is 10.2 Å². The lowest BCUT2D eigenvalue weighted by atomic mass is 10.0. The highest BCUT2D eigenvalue weighted by Gasteiger charge is 2.19. The number of amides is 1. The summed E-state index contributed by atoms with van der Waals surface area (Å²) < 4.78 is 0. The number of hydrogen-bond acceptors (Lipinski definition) is 3. The first-order valence-corrected chi connectivity index (χ1v) is 5.87. The summed E-state index contributed by atoms with van der Waals surface area (Å²) in [5, 5.41) is 2.94. The molecule has 0 aromatic carbocycles. The van der Waals surface area contributed by atoms with Crippen molar-refractivity contribution in [3.63, 3.8) is 0 Å². The molecule has 1 aliphatic rings. The van der Waals surface area contributed by atoms with Crippen LogP contribution in [-0.4, -0.2) is 30.0 Å². The molecule has 0 radical (unpaired) electrons. The molecular formula is C13H17N3O. The van der Waals surface area contributed by atoms with Gasteiger partial charge in [0.1, 0.15) is 0 Å². The number of rotatable bonds is 3. The number of nitrogens with zero attached hydrogens (tertiary/aromatic N) is 2. The Morgan fingerprint density at radius 1 is 1.41 bits per heavy atom. The summed E-state index contributed by atoms with van der Waals surface area (Å²) in [6, 6.07) is 4.31. The van der Waals surface area contributed by atoms with Gasteiger partial charge in [0.15, 0.2) is 0 Å². The first-order valence-electron chi connectivity index (χ1n) is 5.87. The van der Waals surface area contributed by atoms with Crippen LogP contribution in [0.5, 0.6) is 0 Å². The Morgan fingerprint density at radius 3 is 2.65 bits per heavy atom. The number of carbonyl (C=O) groups excluding carboxylic acids is 1. The van der Waals surface area contributed by atoms with Gasteiger partial charge in [-0.3, -0.25) is 9.78 Å². The Labute approximate surface area is 101 Å². The molecule has 0 unspecified atom stereocenters. The zero-order chi connectivity index (χ0) is 12.1. The topological polar surface area (TPSA) is 45.2 Å². The average Bonchev–Trinajstić information content (AvgIpc) is 2.40. The summed E-state index contributed by atoms with van der Waals surface area (Å²) in [5.41, 5.74) is 1.20. The predicted molar refractivity (Wildman–Crippen MR) is 67.8 cm³/mol. The fourth-order valence-corrected chi connectivity index (χ4v) is 2.10. The zero-order valence-corrected chi connectivity index (χ0v) is 9.80. The number of hydrogen-bond donors (Lipinski definition) is 1. The molecule has 1 fully saturated rings. The van der Waals surface area contributed by atoms with Crippen LogP contribution in [0.4, 0.5) is 5.69 Å². The van der Waals surface area contributed by atoms with Gasteiger partial charge in [0.25, 0.3) is 0 Å². The summed E-state index contributed by atoms with van der Waals surface area (Å²) in [5.74, 6) is -0.0765. The molecule has 4 heteroatoms. The van der Waals surface area contributed by atoms with Gasteiger partial charge in [-0.25, -0.2) is 0 Å². The molecule has 1 aromatic heterocycles. The van der Waals surface area contributed by atoms with Gasteiger partial charge in [-0.1, -0.05) is 6.58 Å².